The smallest absolute Gasteiger partial charge is 0.248 e. The molecular formula is C34H36BrN3O4S. The van der Waals surface area contributed by atoms with Crippen molar-refractivity contribution in [1.29, 1.82) is 0 Å². The Labute approximate surface area is 264 Å². The number of benzene rings is 3. The molecule has 3 aliphatic rings. The summed E-state index contributed by atoms with van der Waals surface area (Å²) in [6.07, 6.45) is 0.974. The van der Waals surface area contributed by atoms with Crippen LogP contribution < -0.4 is 10.6 Å². The fourth-order valence-corrected chi connectivity index (χ4v) is 10.9. The second-order valence-electron chi connectivity index (χ2n) is 11.9. The van der Waals surface area contributed by atoms with E-state index in [9.17, 15) is 19.5 Å². The van der Waals surface area contributed by atoms with Crippen LogP contribution in [0, 0.1) is 25.7 Å². The topological polar surface area (TPSA) is 98.7 Å². The third kappa shape index (κ3) is 5.29. The summed E-state index contributed by atoms with van der Waals surface area (Å²) in [6, 6.07) is 23.8. The average Bonchev–Trinajstić information content (AvgIpc) is 3.61. The summed E-state index contributed by atoms with van der Waals surface area (Å²) in [5.74, 6) is -1.96. The summed E-state index contributed by atoms with van der Waals surface area (Å²) in [5.41, 5.74) is 4.53. The first-order valence-electron chi connectivity index (χ1n) is 14.7. The molecule has 0 aromatic heterocycles. The Morgan fingerprint density at radius 3 is 2.23 bits per heavy atom. The number of carbonyl (C=O) groups excluding carboxylic acids is 3. The largest absolute Gasteiger partial charge is 0.394 e. The van der Waals surface area contributed by atoms with Gasteiger partial charge in [0.25, 0.3) is 0 Å². The molecule has 9 heteroatoms. The maximum atomic E-state index is 14.6. The maximum Gasteiger partial charge on any atom is 0.248 e. The summed E-state index contributed by atoms with van der Waals surface area (Å²) in [4.78, 5) is 44.5. The molecule has 0 radical (unpaired) electrons. The first kappa shape index (κ1) is 29.9. The summed E-state index contributed by atoms with van der Waals surface area (Å²) in [5, 5.41) is 16.8. The Hall–Kier alpha value is -3.14. The van der Waals surface area contributed by atoms with Gasteiger partial charge in [0.1, 0.15) is 6.04 Å². The number of para-hydroxylation sites is 1. The van der Waals surface area contributed by atoms with Crippen LogP contribution in [-0.2, 0) is 27.3 Å². The zero-order chi connectivity index (χ0) is 30.3. The van der Waals surface area contributed by atoms with Crippen LogP contribution in [-0.4, -0.2) is 61.2 Å². The number of thioether (sulfide) groups is 1. The number of hydrogen-bond acceptors (Lipinski definition) is 5. The number of fused-ring (bicyclic) bond motifs is 1. The van der Waals surface area contributed by atoms with Gasteiger partial charge < -0.3 is 20.6 Å². The molecule has 0 saturated carbocycles. The fraction of sp³-hybridized carbons (Fsp3) is 0.382. The normalized spacial score (nSPS) is 28.0. The molecule has 3 aliphatic heterocycles. The quantitative estimate of drug-likeness (QED) is 0.291. The van der Waals surface area contributed by atoms with Crippen molar-refractivity contribution in [2.24, 2.45) is 11.8 Å². The molecule has 2 bridgehead atoms. The van der Waals surface area contributed by atoms with Gasteiger partial charge in [-0.1, -0.05) is 94.8 Å². The van der Waals surface area contributed by atoms with Gasteiger partial charge in [-0.15, -0.1) is 11.8 Å². The van der Waals surface area contributed by atoms with Crippen molar-refractivity contribution in [2.45, 2.75) is 60.1 Å². The number of amides is 3. The molecule has 3 aromatic rings. The Morgan fingerprint density at radius 1 is 0.977 bits per heavy atom. The molecule has 7 atom stereocenters. The first-order valence-corrected chi connectivity index (χ1v) is 16.5. The first-order chi connectivity index (χ1) is 20.7. The third-order valence-corrected chi connectivity index (χ3v) is 12.5. The molecule has 7 nitrogen and oxygen atoms in total. The minimum absolute atomic E-state index is 0.0360. The molecule has 3 saturated heterocycles. The van der Waals surface area contributed by atoms with Crippen LogP contribution >= 0.6 is 27.7 Å². The van der Waals surface area contributed by atoms with Crippen molar-refractivity contribution in [3.63, 3.8) is 0 Å². The summed E-state index contributed by atoms with van der Waals surface area (Å²) < 4.78 is -0.810. The minimum Gasteiger partial charge on any atom is -0.394 e. The Morgan fingerprint density at radius 2 is 1.60 bits per heavy atom. The molecule has 43 heavy (non-hydrogen) atoms. The SMILES string of the molecule is Cc1cccc(C)c1NC(=O)C1N([C@@H](CO)Cc2ccccc2)C(=O)[C@@H]2[C@H](C(=O)NCc3ccccc3)[C@H]3SC12CC3Br. The molecule has 3 N–H and O–H groups in total. The average molecular weight is 663 g/mol. The molecule has 0 aliphatic carbocycles. The van der Waals surface area contributed by atoms with Crippen LogP contribution in [0.4, 0.5) is 5.69 Å². The van der Waals surface area contributed by atoms with Gasteiger partial charge in [0.15, 0.2) is 0 Å². The molecule has 3 unspecified atom stereocenters. The van der Waals surface area contributed by atoms with Gasteiger partial charge in [-0.05, 0) is 48.9 Å². The number of nitrogens with one attached hydrogen (secondary N) is 2. The molecule has 224 valence electrons. The van der Waals surface area contributed by atoms with Gasteiger partial charge in [-0.3, -0.25) is 14.4 Å². The van der Waals surface area contributed by atoms with Gasteiger partial charge in [-0.2, -0.15) is 0 Å². The standard InChI is InChI=1S/C34H36BrN3O4S/c1-20-10-9-11-21(2)28(20)37-32(41)30-34-17-25(35)29(43-34)26(31(40)36-18-23-14-7-4-8-15-23)27(34)33(42)38(30)24(19-39)16-22-12-5-3-6-13-22/h3-15,24-27,29-30,39H,16-19H2,1-2H3,(H,36,40)(H,37,41)/t24-,25?,26+,27+,29+,30?,34?/m1/s1. The van der Waals surface area contributed by atoms with Crippen LogP contribution in [0.15, 0.2) is 78.9 Å². The molecule has 6 rings (SSSR count). The van der Waals surface area contributed by atoms with Gasteiger partial charge in [0.2, 0.25) is 17.7 Å². The number of anilines is 1. The van der Waals surface area contributed by atoms with Crippen molar-refractivity contribution in [3.05, 3.63) is 101 Å². The number of rotatable bonds is 9. The zero-order valence-electron chi connectivity index (χ0n) is 24.2. The summed E-state index contributed by atoms with van der Waals surface area (Å²) >= 11 is 5.43. The number of aliphatic hydroxyl groups excluding tert-OH is 1. The predicted molar refractivity (Wildman–Crippen MR) is 173 cm³/mol. The van der Waals surface area contributed by atoms with E-state index in [4.69, 9.17) is 0 Å². The summed E-state index contributed by atoms with van der Waals surface area (Å²) in [7, 11) is 0. The van der Waals surface area contributed by atoms with Crippen molar-refractivity contribution in [1.82, 2.24) is 10.2 Å². The van der Waals surface area contributed by atoms with Gasteiger partial charge in [0, 0.05) is 22.3 Å². The van der Waals surface area contributed by atoms with E-state index in [0.717, 1.165) is 27.9 Å². The van der Waals surface area contributed by atoms with Gasteiger partial charge in [0.05, 0.1) is 29.2 Å². The Bertz CT molecular complexity index is 1500. The lowest BCUT2D eigenvalue weighted by atomic mass is 9.70. The number of hydrogen-bond donors (Lipinski definition) is 3. The minimum atomic E-state index is -0.855. The van der Waals surface area contributed by atoms with E-state index in [0.29, 0.717) is 19.4 Å². The van der Waals surface area contributed by atoms with E-state index in [2.05, 4.69) is 26.6 Å². The van der Waals surface area contributed by atoms with Crippen LogP contribution in [0.2, 0.25) is 0 Å². The Kier molecular flexibility index (Phi) is 8.41. The number of carbonyl (C=O) groups is 3. The number of alkyl halides is 1. The van der Waals surface area contributed by atoms with Crippen molar-refractivity contribution in [2.75, 3.05) is 11.9 Å². The number of halogens is 1. The van der Waals surface area contributed by atoms with Crippen molar-refractivity contribution >= 4 is 51.1 Å². The van der Waals surface area contributed by atoms with Crippen LogP contribution in [0.25, 0.3) is 0 Å². The van der Waals surface area contributed by atoms with Crippen molar-refractivity contribution in [3.8, 4) is 0 Å². The highest BCUT2D eigenvalue weighted by molar-refractivity contribution is 9.09. The van der Waals surface area contributed by atoms with Crippen LogP contribution in [0.3, 0.4) is 0 Å². The number of nitrogens with zero attached hydrogens (tertiary/aromatic N) is 1. The highest BCUT2D eigenvalue weighted by Crippen LogP contribution is 2.68. The second-order valence-corrected chi connectivity index (χ2v) is 14.6. The second kappa shape index (κ2) is 12.1. The third-order valence-electron chi connectivity index (χ3n) is 9.24. The van der Waals surface area contributed by atoms with Crippen LogP contribution in [0.5, 0.6) is 0 Å². The lowest BCUT2D eigenvalue weighted by Crippen LogP contribution is -2.56. The summed E-state index contributed by atoms with van der Waals surface area (Å²) in [6.45, 7) is 3.96. The Balaban J connectivity index is 1.38. The molecule has 3 fully saturated rings. The van der Waals surface area contributed by atoms with Crippen LogP contribution in [0.1, 0.15) is 28.7 Å². The van der Waals surface area contributed by atoms with E-state index in [1.807, 2.05) is 92.7 Å². The monoisotopic (exact) mass is 661 g/mol. The number of aryl methyl sites for hydroxylation is 2. The van der Waals surface area contributed by atoms with E-state index in [-0.39, 0.29) is 34.4 Å². The lowest BCUT2D eigenvalue weighted by molar-refractivity contribution is -0.142. The number of aliphatic hydroxyl groups is 1. The molecular weight excluding hydrogens is 626 g/mol. The fourth-order valence-electron chi connectivity index (χ4n) is 7.30. The molecule has 1 spiro atoms. The lowest BCUT2D eigenvalue weighted by Gasteiger charge is -2.37. The number of likely N-dealkylation sites (tertiary alicyclic amines) is 1. The highest BCUT2D eigenvalue weighted by atomic mass is 79.9. The zero-order valence-corrected chi connectivity index (χ0v) is 26.6. The van der Waals surface area contributed by atoms with Gasteiger partial charge in [-0.25, -0.2) is 0 Å². The van der Waals surface area contributed by atoms with E-state index < -0.39 is 28.7 Å². The van der Waals surface area contributed by atoms with Crippen molar-refractivity contribution < 1.29 is 19.5 Å². The maximum absolute atomic E-state index is 14.6. The molecule has 3 amide bonds. The molecule has 3 heterocycles. The molecule has 3 aromatic carbocycles. The van der Waals surface area contributed by atoms with E-state index in [1.165, 1.54) is 0 Å². The van der Waals surface area contributed by atoms with E-state index >= 15 is 0 Å². The highest BCUT2D eigenvalue weighted by Gasteiger charge is 2.76. The predicted octanol–water partition coefficient (Wildman–Crippen LogP) is 4.63. The van der Waals surface area contributed by atoms with Gasteiger partial charge >= 0.3 is 0 Å². The van der Waals surface area contributed by atoms with E-state index in [1.54, 1.807) is 16.7 Å².